The number of nitrogens with one attached hydrogen (secondary N) is 1. The monoisotopic (exact) mass is 350 g/mol. The highest BCUT2D eigenvalue weighted by atomic mass is 35.5. The average Bonchev–Trinajstić information content (AvgIpc) is 2.94. The van der Waals surface area contributed by atoms with Crippen LogP contribution < -0.4 is 4.72 Å². The lowest BCUT2D eigenvalue weighted by Crippen LogP contribution is -2.28. The van der Waals surface area contributed by atoms with Gasteiger partial charge in [0.2, 0.25) is 10.0 Å². The second kappa shape index (κ2) is 6.37. The first-order valence-corrected chi connectivity index (χ1v) is 8.59. The summed E-state index contributed by atoms with van der Waals surface area (Å²) in [6.45, 7) is 0.961. The lowest BCUT2D eigenvalue weighted by Gasteiger charge is -2.14. The molecule has 0 aliphatic carbocycles. The molecule has 2 N–H and O–H groups in total. The van der Waals surface area contributed by atoms with Crippen molar-refractivity contribution in [2.75, 3.05) is 0 Å². The Morgan fingerprint density at radius 2 is 2.24 bits per heavy atom. The Morgan fingerprint density at radius 1 is 1.52 bits per heavy atom. The third kappa shape index (κ3) is 3.58. The number of thiazole rings is 1. The van der Waals surface area contributed by atoms with Gasteiger partial charge in [0, 0.05) is 22.2 Å². The second-order valence-electron chi connectivity index (χ2n) is 4.25. The highest BCUT2D eigenvalue weighted by molar-refractivity contribution is 7.89. The molecule has 1 atom stereocenters. The number of nitrogens with zero attached hydrogens (tertiary/aromatic N) is 1. The lowest BCUT2D eigenvalue weighted by atomic mass is 10.2. The summed E-state index contributed by atoms with van der Waals surface area (Å²) in [6, 6.07) is 1.58. The van der Waals surface area contributed by atoms with Crippen molar-refractivity contribution < 1.29 is 17.9 Å². The number of rotatable bonds is 5. The minimum absolute atomic E-state index is 0.0303. The molecule has 0 spiro atoms. The summed E-state index contributed by atoms with van der Waals surface area (Å²) >= 11 is 7.05. The smallest absolute Gasteiger partial charge is 0.244 e. The van der Waals surface area contributed by atoms with Gasteiger partial charge in [-0.2, -0.15) is 0 Å². The number of aliphatic hydroxyl groups is 1. The van der Waals surface area contributed by atoms with E-state index in [2.05, 4.69) is 9.71 Å². The van der Waals surface area contributed by atoms with Crippen molar-refractivity contribution in [1.82, 2.24) is 9.71 Å². The van der Waals surface area contributed by atoms with Crippen molar-refractivity contribution in [1.29, 1.82) is 0 Å². The Balaban J connectivity index is 2.38. The van der Waals surface area contributed by atoms with Crippen molar-refractivity contribution >= 4 is 33.0 Å². The molecule has 5 nitrogen and oxygen atoms in total. The minimum atomic E-state index is -4.13. The number of hydrogen-bond acceptors (Lipinski definition) is 5. The summed E-state index contributed by atoms with van der Waals surface area (Å²) in [7, 11) is -4.13. The molecule has 0 amide bonds. The van der Waals surface area contributed by atoms with E-state index in [0.717, 1.165) is 6.07 Å². The molecular formula is C12H12ClFN2O3S2. The fraction of sp³-hybridized carbons (Fsp3) is 0.250. The second-order valence-corrected chi connectivity index (χ2v) is 7.29. The summed E-state index contributed by atoms with van der Waals surface area (Å²) < 4.78 is 41.0. The molecule has 9 heteroatoms. The van der Waals surface area contributed by atoms with Gasteiger partial charge < -0.3 is 5.11 Å². The Hall–Kier alpha value is -1.06. The van der Waals surface area contributed by atoms with Crippen LogP contribution in [0.3, 0.4) is 0 Å². The van der Waals surface area contributed by atoms with Crippen molar-refractivity contribution in [2.45, 2.75) is 24.5 Å². The van der Waals surface area contributed by atoms with Gasteiger partial charge >= 0.3 is 0 Å². The largest absolute Gasteiger partial charge is 0.392 e. The first kappa shape index (κ1) is 16.3. The average molecular weight is 351 g/mol. The lowest BCUT2D eigenvalue weighted by molar-refractivity contribution is 0.274. The van der Waals surface area contributed by atoms with E-state index in [-0.39, 0.29) is 10.6 Å². The molecule has 0 aliphatic rings. The molecule has 1 aromatic carbocycles. The fourth-order valence-electron chi connectivity index (χ4n) is 1.72. The maximum Gasteiger partial charge on any atom is 0.244 e. The number of hydrogen-bond donors (Lipinski definition) is 2. The number of benzene rings is 1. The van der Waals surface area contributed by atoms with E-state index in [1.807, 2.05) is 0 Å². The van der Waals surface area contributed by atoms with Crippen LogP contribution >= 0.6 is 22.9 Å². The topological polar surface area (TPSA) is 79.3 Å². The van der Waals surface area contributed by atoms with Gasteiger partial charge in [0.25, 0.3) is 0 Å². The molecule has 1 heterocycles. The van der Waals surface area contributed by atoms with Crippen molar-refractivity contribution in [2.24, 2.45) is 0 Å². The predicted octanol–water partition coefficient (Wildman–Crippen LogP) is 2.47. The van der Waals surface area contributed by atoms with E-state index < -0.39 is 33.4 Å². The van der Waals surface area contributed by atoms with Crippen LogP contribution in [0.5, 0.6) is 0 Å². The predicted molar refractivity (Wildman–Crippen MR) is 78.2 cm³/mol. The molecular weight excluding hydrogens is 339 g/mol. The van der Waals surface area contributed by atoms with Gasteiger partial charge in [0.05, 0.1) is 12.6 Å². The maximum atomic E-state index is 14.1. The first-order valence-electron chi connectivity index (χ1n) is 5.85. The standard InChI is InChI=1S/C12H12ClFN2O3S2/c1-7(12-15-2-3-20-12)16-21(18,19)10-5-9(13)4-8(6-17)11(10)14/h2-5,7,16-17H,6H2,1H3. The SMILES string of the molecule is CC(NS(=O)(=O)c1cc(Cl)cc(CO)c1F)c1nccs1. The highest BCUT2D eigenvalue weighted by Crippen LogP contribution is 2.25. The molecule has 0 fully saturated rings. The van der Waals surface area contributed by atoms with Crippen LogP contribution in [0, 0.1) is 5.82 Å². The number of halogens is 2. The summed E-state index contributed by atoms with van der Waals surface area (Å²) in [5, 5.41) is 11.3. The van der Waals surface area contributed by atoms with Gasteiger partial charge in [-0.25, -0.2) is 22.5 Å². The summed E-state index contributed by atoms with van der Waals surface area (Å²) in [5.41, 5.74) is -0.176. The molecule has 0 saturated carbocycles. The minimum Gasteiger partial charge on any atom is -0.392 e. The summed E-state index contributed by atoms with van der Waals surface area (Å²) in [5.74, 6) is -1.01. The maximum absolute atomic E-state index is 14.1. The molecule has 2 rings (SSSR count). The van der Waals surface area contributed by atoms with Crippen LogP contribution in [-0.2, 0) is 16.6 Å². The fourth-order valence-corrected chi connectivity index (χ4v) is 4.10. The van der Waals surface area contributed by atoms with E-state index in [1.165, 1.54) is 17.4 Å². The van der Waals surface area contributed by atoms with E-state index in [0.29, 0.717) is 5.01 Å². The Kier molecular flexibility index (Phi) is 4.95. The summed E-state index contributed by atoms with van der Waals surface area (Å²) in [4.78, 5) is 3.40. The third-order valence-corrected chi connectivity index (χ3v) is 5.41. The highest BCUT2D eigenvalue weighted by Gasteiger charge is 2.25. The van der Waals surface area contributed by atoms with Crippen LogP contribution in [0.1, 0.15) is 23.5 Å². The van der Waals surface area contributed by atoms with Crippen LogP contribution in [0.2, 0.25) is 5.02 Å². The summed E-state index contributed by atoms with van der Waals surface area (Å²) in [6.07, 6.45) is 1.55. The molecule has 1 aromatic heterocycles. The third-order valence-electron chi connectivity index (χ3n) is 2.69. The Morgan fingerprint density at radius 3 is 2.81 bits per heavy atom. The van der Waals surface area contributed by atoms with Crippen molar-refractivity contribution in [3.63, 3.8) is 0 Å². The first-order chi connectivity index (χ1) is 9.85. The van der Waals surface area contributed by atoms with Crippen LogP contribution in [0.25, 0.3) is 0 Å². The van der Waals surface area contributed by atoms with E-state index >= 15 is 0 Å². The van der Waals surface area contributed by atoms with E-state index in [9.17, 15) is 12.8 Å². The number of aromatic nitrogens is 1. The molecule has 0 saturated heterocycles. The molecule has 2 aromatic rings. The van der Waals surface area contributed by atoms with Crippen LogP contribution in [0.15, 0.2) is 28.6 Å². The quantitative estimate of drug-likeness (QED) is 0.868. The van der Waals surface area contributed by atoms with Crippen LogP contribution in [-0.4, -0.2) is 18.5 Å². The van der Waals surface area contributed by atoms with E-state index in [1.54, 1.807) is 18.5 Å². The zero-order chi connectivity index (χ0) is 15.6. The van der Waals surface area contributed by atoms with E-state index in [4.69, 9.17) is 16.7 Å². The number of sulfonamides is 1. The van der Waals surface area contributed by atoms with Gasteiger partial charge in [0.15, 0.2) is 0 Å². The zero-order valence-electron chi connectivity index (χ0n) is 10.9. The normalized spacial score (nSPS) is 13.3. The number of aliphatic hydroxyl groups excluding tert-OH is 1. The zero-order valence-corrected chi connectivity index (χ0v) is 13.3. The van der Waals surface area contributed by atoms with Crippen molar-refractivity contribution in [3.8, 4) is 0 Å². The van der Waals surface area contributed by atoms with Gasteiger partial charge in [-0.15, -0.1) is 11.3 Å². The molecule has 0 radical (unpaired) electrons. The molecule has 0 aliphatic heterocycles. The van der Waals surface area contributed by atoms with Crippen LogP contribution in [0.4, 0.5) is 4.39 Å². The van der Waals surface area contributed by atoms with Gasteiger partial charge in [-0.05, 0) is 19.1 Å². The van der Waals surface area contributed by atoms with Crippen molar-refractivity contribution in [3.05, 3.63) is 45.1 Å². The van der Waals surface area contributed by atoms with Gasteiger partial charge in [-0.1, -0.05) is 11.6 Å². The molecule has 21 heavy (non-hydrogen) atoms. The Labute approximate surface area is 130 Å². The Bertz CT molecular complexity index is 735. The molecule has 1 unspecified atom stereocenters. The molecule has 0 bridgehead atoms. The van der Waals surface area contributed by atoms with Gasteiger partial charge in [-0.3, -0.25) is 0 Å². The van der Waals surface area contributed by atoms with Gasteiger partial charge in [0.1, 0.15) is 15.7 Å². The molecule has 114 valence electrons.